The Morgan fingerprint density at radius 2 is 1.55 bits per heavy atom. The summed E-state index contributed by atoms with van der Waals surface area (Å²) in [7, 11) is 0. The topological polar surface area (TPSA) is 57.6 Å². The maximum atomic E-state index is 11.9. The summed E-state index contributed by atoms with van der Waals surface area (Å²) in [6.07, 6.45) is 0. The van der Waals surface area contributed by atoms with Gasteiger partial charge in [-0.2, -0.15) is 0 Å². The molecule has 3 aromatic carbocycles. The van der Waals surface area contributed by atoms with Gasteiger partial charge in [0.05, 0.1) is 6.04 Å². The molecule has 6 rings (SSSR count). The van der Waals surface area contributed by atoms with Crippen LogP contribution in [0.1, 0.15) is 37.9 Å². The first kappa shape index (κ1) is 18.3. The van der Waals surface area contributed by atoms with Gasteiger partial charge in [-0.05, 0) is 74.5 Å². The molecule has 0 spiro atoms. The summed E-state index contributed by atoms with van der Waals surface area (Å²) in [5, 5.41) is 12.0. The monoisotopic (exact) mass is 403 g/mol. The van der Waals surface area contributed by atoms with Crippen LogP contribution in [-0.2, 0) is 10.2 Å². The number of hydrogen-bond acceptors (Lipinski definition) is 4. The van der Waals surface area contributed by atoms with Gasteiger partial charge in [-0.1, -0.05) is 51.1 Å². The largest absolute Gasteiger partial charge is 0.508 e. The Morgan fingerprint density at radius 3 is 2.21 bits per heavy atom. The number of amides is 2. The lowest BCUT2D eigenvalue weighted by Crippen LogP contribution is -2.50. The van der Waals surface area contributed by atoms with E-state index in [2.05, 4.69) is 57.2 Å². The lowest BCUT2D eigenvalue weighted by atomic mass is 9.84. The quantitative estimate of drug-likeness (QED) is 0.564. The zero-order chi connectivity index (χ0) is 20.5. The van der Waals surface area contributed by atoms with Gasteiger partial charge in [-0.15, -0.1) is 0 Å². The molecule has 3 aliphatic rings. The number of carbonyl (C=O) groups is 2. The number of hydrogen-bond donors (Lipinski definition) is 1. The maximum Gasteiger partial charge on any atom is 0.289 e. The molecule has 1 N–H and O–H groups in total. The Hall–Kier alpha value is -2.79. The van der Waals surface area contributed by atoms with Crippen molar-refractivity contribution in [2.45, 2.75) is 37.5 Å². The first-order chi connectivity index (χ1) is 13.7. The molecule has 5 heteroatoms. The van der Waals surface area contributed by atoms with Crippen LogP contribution in [0.5, 0.6) is 5.75 Å². The average Bonchev–Trinajstić information content (AvgIpc) is 3.18. The lowest BCUT2D eigenvalue weighted by molar-refractivity contribution is -0.137. The number of β-lactam (4-membered cyclic amide) rings is 1. The molecule has 0 aliphatic carbocycles. The summed E-state index contributed by atoms with van der Waals surface area (Å²) >= 11 is 1.13. The second-order valence-corrected chi connectivity index (χ2v) is 9.85. The molecule has 3 aliphatic heterocycles. The molecule has 3 aromatic rings. The standard InChI is InChI=1S/C24H21NO3S/c1-24(2,3)18-12-16(8-9-19(18)26)14-4-5-15-11-17(7-6-13(15)10-14)20-21-22(27)25(20)23(28)29-21/h4-12,20-21,26H,1-3H3. The zero-order valence-electron chi connectivity index (χ0n) is 16.5. The molecule has 146 valence electrons. The van der Waals surface area contributed by atoms with Gasteiger partial charge in [-0.25, -0.2) is 0 Å². The first-order valence-electron chi connectivity index (χ1n) is 9.65. The van der Waals surface area contributed by atoms with Crippen molar-refractivity contribution in [3.63, 3.8) is 0 Å². The fraction of sp³-hybridized carbons (Fsp3) is 0.250. The Balaban J connectivity index is 1.51. The number of aromatic hydroxyl groups is 1. The number of phenols is 1. The van der Waals surface area contributed by atoms with Crippen LogP contribution in [0.15, 0.2) is 54.6 Å². The number of rotatable bonds is 2. The minimum absolute atomic E-state index is 0.0672. The Morgan fingerprint density at radius 1 is 0.897 bits per heavy atom. The molecule has 2 bridgehead atoms. The van der Waals surface area contributed by atoms with Crippen molar-refractivity contribution in [3.8, 4) is 16.9 Å². The normalized spacial score (nSPS) is 21.0. The van der Waals surface area contributed by atoms with Crippen LogP contribution in [0, 0.1) is 0 Å². The van der Waals surface area contributed by atoms with Gasteiger partial charge in [0, 0.05) is 0 Å². The summed E-state index contributed by atoms with van der Waals surface area (Å²) < 4.78 is 0. The van der Waals surface area contributed by atoms with E-state index in [4.69, 9.17) is 0 Å². The number of nitrogens with zero attached hydrogens (tertiary/aromatic N) is 1. The molecule has 2 amide bonds. The van der Waals surface area contributed by atoms with Crippen LogP contribution < -0.4 is 0 Å². The van der Waals surface area contributed by atoms with Gasteiger partial charge in [0.2, 0.25) is 5.91 Å². The van der Waals surface area contributed by atoms with Crippen molar-refractivity contribution in [2.24, 2.45) is 0 Å². The molecule has 2 atom stereocenters. The average molecular weight is 404 g/mol. The second-order valence-electron chi connectivity index (χ2n) is 8.76. The fourth-order valence-corrected chi connectivity index (χ4v) is 5.37. The lowest BCUT2D eigenvalue weighted by Gasteiger charge is -2.35. The third-order valence-corrected chi connectivity index (χ3v) is 6.93. The van der Waals surface area contributed by atoms with E-state index < -0.39 is 0 Å². The molecular weight excluding hydrogens is 382 g/mol. The van der Waals surface area contributed by atoms with E-state index in [1.54, 1.807) is 6.07 Å². The van der Waals surface area contributed by atoms with Crippen molar-refractivity contribution >= 4 is 33.7 Å². The van der Waals surface area contributed by atoms with Crippen molar-refractivity contribution < 1.29 is 14.7 Å². The number of fused-ring (bicyclic) bond motifs is 2. The third-order valence-electron chi connectivity index (χ3n) is 5.81. The van der Waals surface area contributed by atoms with Crippen LogP contribution in [0.25, 0.3) is 21.9 Å². The van der Waals surface area contributed by atoms with Gasteiger partial charge < -0.3 is 5.11 Å². The highest BCUT2D eigenvalue weighted by Crippen LogP contribution is 2.51. The van der Waals surface area contributed by atoms with E-state index >= 15 is 0 Å². The summed E-state index contributed by atoms with van der Waals surface area (Å²) in [6.45, 7) is 6.27. The van der Waals surface area contributed by atoms with Crippen molar-refractivity contribution in [1.29, 1.82) is 0 Å². The van der Waals surface area contributed by atoms with Crippen molar-refractivity contribution in [2.75, 3.05) is 0 Å². The minimum Gasteiger partial charge on any atom is -0.508 e. The van der Waals surface area contributed by atoms with Gasteiger partial charge in [0.25, 0.3) is 5.24 Å². The summed E-state index contributed by atoms with van der Waals surface area (Å²) in [6, 6.07) is 18.1. The summed E-state index contributed by atoms with van der Waals surface area (Å²) in [5.74, 6) is 0.251. The zero-order valence-corrected chi connectivity index (χ0v) is 17.3. The number of phenolic OH excluding ortho intramolecular Hbond substituents is 1. The Labute approximate surface area is 173 Å². The third kappa shape index (κ3) is 2.76. The molecule has 3 fully saturated rings. The highest BCUT2D eigenvalue weighted by Gasteiger charge is 2.59. The first-order valence-corrected chi connectivity index (χ1v) is 10.5. The van der Waals surface area contributed by atoms with Crippen LogP contribution in [0.3, 0.4) is 0 Å². The molecule has 29 heavy (non-hydrogen) atoms. The summed E-state index contributed by atoms with van der Waals surface area (Å²) in [5.41, 5.74) is 3.94. The fourth-order valence-electron chi connectivity index (χ4n) is 4.21. The van der Waals surface area contributed by atoms with E-state index in [1.165, 1.54) is 4.90 Å². The van der Waals surface area contributed by atoms with Gasteiger partial charge in [0.15, 0.2) is 0 Å². The van der Waals surface area contributed by atoms with Gasteiger partial charge in [-0.3, -0.25) is 14.5 Å². The Bertz CT molecular complexity index is 1190. The second kappa shape index (κ2) is 6.10. The predicted octanol–water partition coefficient (Wildman–Crippen LogP) is 5.63. The van der Waals surface area contributed by atoms with Gasteiger partial charge in [0.1, 0.15) is 11.0 Å². The minimum atomic E-state index is -0.257. The predicted molar refractivity (Wildman–Crippen MR) is 116 cm³/mol. The molecule has 0 aromatic heterocycles. The highest BCUT2D eigenvalue weighted by atomic mass is 32.2. The number of thioether (sulfide) groups is 1. The summed E-state index contributed by atoms with van der Waals surface area (Å²) in [4.78, 5) is 25.1. The van der Waals surface area contributed by atoms with Crippen LogP contribution in [0.2, 0.25) is 0 Å². The van der Waals surface area contributed by atoms with E-state index in [1.807, 2.05) is 12.1 Å². The van der Waals surface area contributed by atoms with Crippen LogP contribution in [0.4, 0.5) is 4.79 Å². The molecule has 4 nitrogen and oxygen atoms in total. The Kier molecular flexibility index (Phi) is 3.84. The SMILES string of the molecule is CC(C)(C)c1cc(-c2ccc3cc(C4C5SC(=O)N4C5=O)ccc3c2)ccc1O. The van der Waals surface area contributed by atoms with E-state index in [0.717, 1.165) is 44.8 Å². The van der Waals surface area contributed by atoms with Crippen molar-refractivity contribution in [1.82, 2.24) is 4.90 Å². The van der Waals surface area contributed by atoms with E-state index in [0.29, 0.717) is 5.75 Å². The van der Waals surface area contributed by atoms with Crippen LogP contribution >= 0.6 is 11.8 Å². The molecule has 3 saturated heterocycles. The molecular formula is C24H21NO3S. The smallest absolute Gasteiger partial charge is 0.289 e. The number of benzene rings is 3. The van der Waals surface area contributed by atoms with Crippen LogP contribution in [-0.4, -0.2) is 26.4 Å². The number of carbonyl (C=O) groups excluding carboxylic acids is 2. The van der Waals surface area contributed by atoms with E-state index in [-0.39, 0.29) is 27.9 Å². The van der Waals surface area contributed by atoms with E-state index in [9.17, 15) is 14.7 Å². The highest BCUT2D eigenvalue weighted by molar-refractivity contribution is 8.15. The molecule has 3 heterocycles. The van der Waals surface area contributed by atoms with Gasteiger partial charge >= 0.3 is 0 Å². The molecule has 2 unspecified atom stereocenters. The molecule has 0 radical (unpaired) electrons. The van der Waals surface area contributed by atoms with Crippen molar-refractivity contribution in [3.05, 3.63) is 65.7 Å². The molecule has 0 saturated carbocycles. The number of imide groups is 1. The maximum absolute atomic E-state index is 11.9.